The smallest absolute Gasteiger partial charge is 0.324 e. The van der Waals surface area contributed by atoms with Gasteiger partial charge in [-0.1, -0.05) is 25.1 Å². The zero-order chi connectivity index (χ0) is 21.8. The number of ether oxygens (including phenoxy) is 1. The van der Waals surface area contributed by atoms with Crippen LogP contribution in [0.25, 0.3) is 11.3 Å². The molecular weight excluding hydrogens is 410 g/mol. The Morgan fingerprint density at radius 1 is 1.19 bits per heavy atom. The molecule has 1 aliphatic rings. The maximum absolute atomic E-state index is 5.93. The molecule has 0 unspecified atom stereocenters. The second-order valence-electron chi connectivity index (χ2n) is 8.25. The Kier molecular flexibility index (Phi) is 6.75. The number of rotatable bonds is 7. The van der Waals surface area contributed by atoms with Crippen molar-refractivity contribution in [3.05, 3.63) is 42.0 Å². The normalized spacial score (nSPS) is 14.9. The molecule has 1 saturated heterocycles. The summed E-state index contributed by atoms with van der Waals surface area (Å²) in [7, 11) is 0. The quantitative estimate of drug-likeness (QED) is 0.477. The van der Waals surface area contributed by atoms with Gasteiger partial charge < -0.3 is 14.2 Å². The lowest BCUT2D eigenvalue weighted by molar-refractivity contribution is 0.213. The summed E-state index contributed by atoms with van der Waals surface area (Å²) >= 11 is 1.74. The van der Waals surface area contributed by atoms with E-state index in [0.29, 0.717) is 24.4 Å². The van der Waals surface area contributed by atoms with Crippen LogP contribution in [0.2, 0.25) is 0 Å². The Morgan fingerprint density at radius 2 is 2.00 bits per heavy atom. The average molecular weight is 440 g/mol. The van der Waals surface area contributed by atoms with Gasteiger partial charge >= 0.3 is 6.01 Å². The molecule has 0 bridgehead atoms. The lowest BCUT2D eigenvalue weighted by Gasteiger charge is -2.30. The summed E-state index contributed by atoms with van der Waals surface area (Å²) in [5.41, 5.74) is 3.17. The van der Waals surface area contributed by atoms with Crippen molar-refractivity contribution >= 4 is 17.8 Å². The zero-order valence-electron chi connectivity index (χ0n) is 18.5. The van der Waals surface area contributed by atoms with Crippen LogP contribution in [0.1, 0.15) is 44.0 Å². The minimum Gasteiger partial charge on any atom is -0.476 e. The van der Waals surface area contributed by atoms with Gasteiger partial charge in [-0.15, -0.1) is 11.8 Å². The van der Waals surface area contributed by atoms with Crippen LogP contribution in [0, 0.1) is 12.8 Å². The van der Waals surface area contributed by atoms with Crippen molar-refractivity contribution in [2.75, 3.05) is 30.9 Å². The van der Waals surface area contributed by atoms with Crippen LogP contribution in [-0.4, -0.2) is 46.1 Å². The number of aryl methyl sites for hydroxylation is 1. The largest absolute Gasteiger partial charge is 0.476 e. The van der Waals surface area contributed by atoms with Crippen molar-refractivity contribution in [2.45, 2.75) is 44.4 Å². The van der Waals surface area contributed by atoms with E-state index in [1.165, 1.54) is 10.5 Å². The summed E-state index contributed by atoms with van der Waals surface area (Å²) < 4.78 is 11.3. The molecule has 2 aromatic heterocycles. The molecule has 0 saturated carbocycles. The molecule has 0 N–H and O–H groups in total. The van der Waals surface area contributed by atoms with Gasteiger partial charge in [0, 0.05) is 29.5 Å². The molecule has 8 heteroatoms. The van der Waals surface area contributed by atoms with Crippen molar-refractivity contribution < 1.29 is 9.26 Å². The minimum absolute atomic E-state index is 0.273. The van der Waals surface area contributed by atoms with Crippen LogP contribution >= 0.6 is 11.8 Å². The number of piperidine rings is 1. The number of nitrogens with zero attached hydrogens (tertiary/aromatic N) is 5. The van der Waals surface area contributed by atoms with E-state index < -0.39 is 0 Å². The van der Waals surface area contributed by atoms with Crippen molar-refractivity contribution in [1.82, 2.24) is 20.1 Å². The van der Waals surface area contributed by atoms with Crippen molar-refractivity contribution in [3.8, 4) is 17.1 Å². The fourth-order valence-electron chi connectivity index (χ4n) is 3.66. The van der Waals surface area contributed by atoms with E-state index in [9.17, 15) is 0 Å². The molecular formula is C23H29N5O2S. The van der Waals surface area contributed by atoms with Crippen LogP contribution in [0.3, 0.4) is 0 Å². The van der Waals surface area contributed by atoms with Gasteiger partial charge in [0.2, 0.25) is 5.88 Å². The predicted octanol–water partition coefficient (Wildman–Crippen LogP) is 4.98. The van der Waals surface area contributed by atoms with E-state index in [-0.39, 0.29) is 5.92 Å². The molecule has 7 nitrogen and oxygen atoms in total. The van der Waals surface area contributed by atoms with Crippen molar-refractivity contribution in [1.29, 1.82) is 0 Å². The predicted molar refractivity (Wildman–Crippen MR) is 123 cm³/mol. The van der Waals surface area contributed by atoms with Crippen LogP contribution in [0.4, 0.5) is 6.01 Å². The Morgan fingerprint density at radius 3 is 2.61 bits per heavy atom. The van der Waals surface area contributed by atoms with Gasteiger partial charge in [0.05, 0.1) is 24.7 Å². The third-order valence-electron chi connectivity index (χ3n) is 5.64. The van der Waals surface area contributed by atoms with Gasteiger partial charge in [0.1, 0.15) is 0 Å². The second kappa shape index (κ2) is 9.68. The summed E-state index contributed by atoms with van der Waals surface area (Å²) in [6, 6.07) is 7.03. The highest BCUT2D eigenvalue weighted by Gasteiger charge is 2.24. The lowest BCUT2D eigenvalue weighted by Crippen LogP contribution is -2.35. The molecule has 0 amide bonds. The highest BCUT2D eigenvalue weighted by atomic mass is 32.2. The SMILES string of the molecule is CSc1ccc(-c2cnc(OCC3CCN(c4nc(C(C)C)no4)CC3)cn2)c(C)c1. The van der Waals surface area contributed by atoms with E-state index >= 15 is 0 Å². The topological polar surface area (TPSA) is 77.2 Å². The van der Waals surface area contributed by atoms with Gasteiger partial charge in [-0.3, -0.25) is 0 Å². The maximum atomic E-state index is 5.93. The Hall–Kier alpha value is -2.61. The summed E-state index contributed by atoms with van der Waals surface area (Å²) in [5, 5.41) is 4.06. The third kappa shape index (κ3) is 5.18. The number of thioether (sulfide) groups is 1. The van der Waals surface area contributed by atoms with Crippen LogP contribution in [-0.2, 0) is 0 Å². The number of benzene rings is 1. The average Bonchev–Trinajstić information content (AvgIpc) is 3.29. The van der Waals surface area contributed by atoms with E-state index in [4.69, 9.17) is 9.26 Å². The van der Waals surface area contributed by atoms with Gasteiger partial charge in [0.25, 0.3) is 0 Å². The highest BCUT2D eigenvalue weighted by molar-refractivity contribution is 7.98. The van der Waals surface area contributed by atoms with E-state index in [1.807, 2.05) is 0 Å². The monoisotopic (exact) mass is 439 g/mol. The molecule has 1 aromatic carbocycles. The van der Waals surface area contributed by atoms with Crippen LogP contribution in [0.5, 0.6) is 5.88 Å². The van der Waals surface area contributed by atoms with Crippen LogP contribution < -0.4 is 9.64 Å². The number of anilines is 1. The molecule has 31 heavy (non-hydrogen) atoms. The molecule has 1 fully saturated rings. The van der Waals surface area contributed by atoms with Gasteiger partial charge in [-0.2, -0.15) is 4.98 Å². The molecule has 1 aliphatic heterocycles. The minimum atomic E-state index is 0.273. The van der Waals surface area contributed by atoms with Crippen molar-refractivity contribution in [3.63, 3.8) is 0 Å². The first-order valence-electron chi connectivity index (χ1n) is 10.7. The molecule has 0 spiro atoms. The molecule has 0 aliphatic carbocycles. The first kappa shape index (κ1) is 21.6. The maximum Gasteiger partial charge on any atom is 0.324 e. The Labute approximate surface area is 187 Å². The van der Waals surface area contributed by atoms with Crippen LogP contribution in [0.15, 0.2) is 40.0 Å². The van der Waals surface area contributed by atoms with E-state index in [0.717, 1.165) is 43.0 Å². The fraction of sp³-hybridized carbons (Fsp3) is 0.478. The van der Waals surface area contributed by atoms with Gasteiger partial charge in [0.15, 0.2) is 5.82 Å². The van der Waals surface area contributed by atoms with Gasteiger partial charge in [-0.05, 0) is 49.6 Å². The summed E-state index contributed by atoms with van der Waals surface area (Å²) in [6.07, 6.45) is 7.63. The molecule has 3 heterocycles. The van der Waals surface area contributed by atoms with E-state index in [2.05, 4.69) is 70.2 Å². The molecule has 164 valence electrons. The number of hydrogen-bond donors (Lipinski definition) is 0. The summed E-state index contributed by atoms with van der Waals surface area (Å²) in [6.45, 7) is 8.66. The first-order valence-corrected chi connectivity index (χ1v) is 11.9. The Balaban J connectivity index is 1.28. The lowest BCUT2D eigenvalue weighted by atomic mass is 9.98. The summed E-state index contributed by atoms with van der Waals surface area (Å²) in [5.74, 6) is 2.09. The highest BCUT2D eigenvalue weighted by Crippen LogP contribution is 2.27. The fourth-order valence-corrected chi connectivity index (χ4v) is 4.16. The third-order valence-corrected chi connectivity index (χ3v) is 6.36. The molecule has 0 atom stereocenters. The number of aromatic nitrogens is 4. The first-order chi connectivity index (χ1) is 15.0. The molecule has 4 rings (SSSR count). The number of hydrogen-bond acceptors (Lipinski definition) is 8. The second-order valence-corrected chi connectivity index (χ2v) is 9.13. The van der Waals surface area contributed by atoms with Gasteiger partial charge in [-0.25, -0.2) is 9.97 Å². The zero-order valence-corrected chi connectivity index (χ0v) is 19.4. The molecule has 3 aromatic rings. The Bertz CT molecular complexity index is 997. The summed E-state index contributed by atoms with van der Waals surface area (Å²) in [4.78, 5) is 16.9. The van der Waals surface area contributed by atoms with E-state index in [1.54, 1.807) is 24.2 Å². The molecule has 0 radical (unpaired) electrons. The standard InChI is InChI=1S/C23H29N5O2S/c1-15(2)22-26-23(30-27-22)28-9-7-17(8-10-28)14-29-21-13-24-20(12-25-21)19-6-5-18(31-4)11-16(19)3/h5-6,11-13,15,17H,7-10,14H2,1-4H3. The van der Waals surface area contributed by atoms with Crippen molar-refractivity contribution in [2.24, 2.45) is 5.92 Å².